The molecule has 1 aliphatic heterocycles. The molecule has 0 aliphatic carbocycles. The van der Waals surface area contributed by atoms with Crippen molar-refractivity contribution in [2.45, 2.75) is 12.7 Å². The van der Waals surface area contributed by atoms with Crippen LogP contribution in [0.5, 0.6) is 0 Å². The van der Waals surface area contributed by atoms with E-state index in [1.165, 1.54) is 12.5 Å². The highest BCUT2D eigenvalue weighted by Crippen LogP contribution is 2.18. The second-order valence-electron chi connectivity index (χ2n) is 5.57. The molecule has 0 unspecified atom stereocenters. The fourth-order valence-corrected chi connectivity index (χ4v) is 2.56. The van der Waals surface area contributed by atoms with Crippen LogP contribution in [0.1, 0.15) is 5.56 Å². The van der Waals surface area contributed by atoms with Gasteiger partial charge in [0.1, 0.15) is 24.7 Å². The number of nitrogen functional groups attached to an aromatic ring is 1. The highest BCUT2D eigenvalue weighted by Gasteiger charge is 2.24. The normalized spacial score (nSPS) is 17.4. The average molecular weight is 376 g/mol. The van der Waals surface area contributed by atoms with Gasteiger partial charge in [-0.1, -0.05) is 29.8 Å². The summed E-state index contributed by atoms with van der Waals surface area (Å²) in [5.74, 6) is 0.281. The second-order valence-corrected chi connectivity index (χ2v) is 5.98. The smallest absolute Gasteiger partial charge is 0.410 e. The standard InChI is InChI=1S/C17H18ClN5O3/c18-14-4-2-1-3-12(14)10-26-17(24)23-5-6-25-13(9-23)7-21-15-8-20-11-22-16(15)19/h1-4,7-8,11,13H,5-6,9-10H2,(H2,19,20,22)/b21-7+/t13-/m1/s1. The predicted octanol–water partition coefficient (Wildman–Crippen LogP) is 2.45. The van der Waals surface area contributed by atoms with Crippen molar-refractivity contribution >= 4 is 35.4 Å². The quantitative estimate of drug-likeness (QED) is 0.823. The van der Waals surface area contributed by atoms with E-state index in [1.54, 1.807) is 17.2 Å². The number of morpholine rings is 1. The Morgan fingerprint density at radius 3 is 3.15 bits per heavy atom. The lowest BCUT2D eigenvalue weighted by atomic mass is 10.2. The minimum absolute atomic E-state index is 0.118. The van der Waals surface area contributed by atoms with Crippen molar-refractivity contribution in [3.05, 3.63) is 47.4 Å². The molecule has 1 fully saturated rings. The first-order valence-corrected chi connectivity index (χ1v) is 8.37. The summed E-state index contributed by atoms with van der Waals surface area (Å²) in [6, 6.07) is 7.24. The summed E-state index contributed by atoms with van der Waals surface area (Å²) >= 11 is 6.07. The van der Waals surface area contributed by atoms with Crippen molar-refractivity contribution in [3.8, 4) is 0 Å². The number of nitrogens with zero attached hydrogens (tertiary/aromatic N) is 4. The van der Waals surface area contributed by atoms with Gasteiger partial charge >= 0.3 is 6.09 Å². The number of hydrogen-bond donors (Lipinski definition) is 1. The summed E-state index contributed by atoms with van der Waals surface area (Å²) in [5, 5.41) is 0.565. The molecule has 136 valence electrons. The van der Waals surface area contributed by atoms with E-state index in [0.717, 1.165) is 5.56 Å². The number of aliphatic imine (C=N–C) groups is 1. The topological polar surface area (TPSA) is 103 Å². The van der Waals surface area contributed by atoms with Crippen molar-refractivity contribution in [2.24, 2.45) is 4.99 Å². The maximum atomic E-state index is 12.3. The molecule has 0 radical (unpaired) electrons. The van der Waals surface area contributed by atoms with E-state index in [2.05, 4.69) is 15.0 Å². The number of amides is 1. The number of hydrogen-bond acceptors (Lipinski definition) is 7. The summed E-state index contributed by atoms with van der Waals surface area (Å²) in [7, 11) is 0. The number of benzene rings is 1. The first-order valence-electron chi connectivity index (χ1n) is 8.00. The Hall–Kier alpha value is -2.71. The number of ether oxygens (including phenoxy) is 2. The summed E-state index contributed by atoms with van der Waals surface area (Å²) < 4.78 is 10.9. The maximum absolute atomic E-state index is 12.3. The predicted molar refractivity (Wildman–Crippen MR) is 97.5 cm³/mol. The third-order valence-electron chi connectivity index (χ3n) is 3.76. The van der Waals surface area contributed by atoms with Crippen molar-refractivity contribution in [1.29, 1.82) is 0 Å². The van der Waals surface area contributed by atoms with Gasteiger partial charge in [-0.25, -0.2) is 14.8 Å². The van der Waals surface area contributed by atoms with Crippen LogP contribution in [0.2, 0.25) is 5.02 Å². The zero-order valence-corrected chi connectivity index (χ0v) is 14.7. The van der Waals surface area contributed by atoms with Crippen molar-refractivity contribution < 1.29 is 14.3 Å². The lowest BCUT2D eigenvalue weighted by molar-refractivity contribution is 0.00331. The zero-order valence-electron chi connectivity index (χ0n) is 13.9. The van der Waals surface area contributed by atoms with E-state index in [1.807, 2.05) is 18.2 Å². The number of anilines is 1. The highest BCUT2D eigenvalue weighted by molar-refractivity contribution is 6.31. The van der Waals surface area contributed by atoms with E-state index < -0.39 is 6.09 Å². The maximum Gasteiger partial charge on any atom is 0.410 e. The van der Waals surface area contributed by atoms with Crippen LogP contribution >= 0.6 is 11.6 Å². The molecule has 8 nitrogen and oxygen atoms in total. The molecule has 9 heteroatoms. The number of carbonyl (C=O) groups excluding carboxylic acids is 1. The molecule has 1 atom stereocenters. The fraction of sp³-hybridized carbons (Fsp3) is 0.294. The van der Waals surface area contributed by atoms with Gasteiger partial charge in [0.05, 0.1) is 19.3 Å². The molecule has 2 aromatic rings. The van der Waals surface area contributed by atoms with Gasteiger partial charge in [-0.15, -0.1) is 0 Å². The molecule has 2 N–H and O–H groups in total. The summed E-state index contributed by atoms with van der Waals surface area (Å²) in [6.07, 6.45) is 3.66. The second kappa shape index (κ2) is 8.59. The van der Waals surface area contributed by atoms with Gasteiger partial charge in [-0.3, -0.25) is 4.99 Å². The van der Waals surface area contributed by atoms with Gasteiger partial charge in [0.15, 0.2) is 5.82 Å². The third-order valence-corrected chi connectivity index (χ3v) is 4.13. The molecule has 0 saturated carbocycles. The van der Waals surface area contributed by atoms with Crippen molar-refractivity contribution in [1.82, 2.24) is 14.9 Å². The number of aromatic nitrogens is 2. The molecular weight excluding hydrogens is 358 g/mol. The number of carbonyl (C=O) groups is 1. The van der Waals surface area contributed by atoms with Crippen molar-refractivity contribution in [2.75, 3.05) is 25.4 Å². The minimum Gasteiger partial charge on any atom is -0.444 e. The van der Waals surface area contributed by atoms with E-state index in [0.29, 0.717) is 30.4 Å². The molecular formula is C17H18ClN5O3. The Kier molecular flexibility index (Phi) is 5.98. The molecule has 1 aromatic carbocycles. The molecule has 26 heavy (non-hydrogen) atoms. The highest BCUT2D eigenvalue weighted by atomic mass is 35.5. The number of nitrogens with two attached hydrogens (primary N) is 1. The summed E-state index contributed by atoms with van der Waals surface area (Å²) in [6.45, 7) is 1.28. The Balaban J connectivity index is 1.55. The zero-order chi connectivity index (χ0) is 18.4. The van der Waals surface area contributed by atoms with Gasteiger partial charge in [-0.05, 0) is 6.07 Å². The van der Waals surface area contributed by atoms with Crippen LogP contribution in [-0.2, 0) is 16.1 Å². The van der Waals surface area contributed by atoms with Crippen LogP contribution in [-0.4, -0.2) is 53.0 Å². The van der Waals surface area contributed by atoms with Crippen LogP contribution in [0.3, 0.4) is 0 Å². The Morgan fingerprint density at radius 1 is 1.50 bits per heavy atom. The Morgan fingerprint density at radius 2 is 2.35 bits per heavy atom. The third kappa shape index (κ3) is 4.68. The molecule has 0 bridgehead atoms. The minimum atomic E-state index is -0.422. The van der Waals surface area contributed by atoms with Crippen LogP contribution < -0.4 is 5.73 Å². The van der Waals surface area contributed by atoms with Gasteiger partial charge < -0.3 is 20.1 Å². The molecule has 1 aromatic heterocycles. The van der Waals surface area contributed by atoms with E-state index in [4.69, 9.17) is 26.8 Å². The fourth-order valence-electron chi connectivity index (χ4n) is 2.37. The molecule has 0 spiro atoms. The van der Waals surface area contributed by atoms with E-state index in [9.17, 15) is 4.79 Å². The Labute approximate surface area is 155 Å². The number of halogens is 1. The Bertz CT molecular complexity index is 801. The summed E-state index contributed by atoms with van der Waals surface area (Å²) in [4.78, 5) is 25.8. The van der Waals surface area contributed by atoms with Crippen LogP contribution in [0, 0.1) is 0 Å². The van der Waals surface area contributed by atoms with Gasteiger partial charge in [0.25, 0.3) is 0 Å². The lowest BCUT2D eigenvalue weighted by Crippen LogP contribution is -2.46. The lowest BCUT2D eigenvalue weighted by Gasteiger charge is -2.30. The molecule has 1 amide bonds. The molecule has 1 aliphatic rings. The van der Waals surface area contributed by atoms with Crippen LogP contribution in [0.4, 0.5) is 16.3 Å². The first-order chi connectivity index (χ1) is 12.6. The average Bonchev–Trinajstić information content (AvgIpc) is 2.67. The van der Waals surface area contributed by atoms with Crippen LogP contribution in [0.25, 0.3) is 0 Å². The first kappa shape index (κ1) is 18.1. The van der Waals surface area contributed by atoms with Gasteiger partial charge in [-0.2, -0.15) is 0 Å². The SMILES string of the molecule is Nc1ncncc1/N=C/[C@@H]1CN(C(=O)OCc2ccccc2Cl)CCO1. The number of rotatable bonds is 4. The monoisotopic (exact) mass is 375 g/mol. The summed E-state index contributed by atoms with van der Waals surface area (Å²) in [5.41, 5.74) is 6.93. The largest absolute Gasteiger partial charge is 0.444 e. The van der Waals surface area contributed by atoms with Gasteiger partial charge in [0.2, 0.25) is 0 Å². The van der Waals surface area contributed by atoms with E-state index >= 15 is 0 Å². The molecule has 1 saturated heterocycles. The van der Waals surface area contributed by atoms with E-state index in [-0.39, 0.29) is 18.5 Å². The molecule has 3 rings (SSSR count). The van der Waals surface area contributed by atoms with Crippen LogP contribution in [0.15, 0.2) is 41.8 Å². The van der Waals surface area contributed by atoms with Crippen molar-refractivity contribution in [3.63, 3.8) is 0 Å². The molecule has 2 heterocycles. The van der Waals surface area contributed by atoms with Gasteiger partial charge in [0, 0.05) is 23.3 Å².